The van der Waals surface area contributed by atoms with Crippen molar-refractivity contribution >= 4 is 5.97 Å². The van der Waals surface area contributed by atoms with Crippen LogP contribution in [0, 0.1) is 6.92 Å². The minimum atomic E-state index is -0.199. The van der Waals surface area contributed by atoms with Gasteiger partial charge in [0.25, 0.3) is 0 Å². The molecule has 0 aliphatic heterocycles. The van der Waals surface area contributed by atoms with Crippen LogP contribution in [-0.2, 0) is 16.1 Å². The van der Waals surface area contributed by atoms with Crippen LogP contribution < -0.4 is 5.32 Å². The van der Waals surface area contributed by atoms with Crippen molar-refractivity contribution in [3.05, 3.63) is 35.4 Å². The summed E-state index contributed by atoms with van der Waals surface area (Å²) >= 11 is 0. The fraction of sp³-hybridized carbons (Fsp3) is 0.533. The largest absolute Gasteiger partial charge is 0.468 e. The molecule has 1 aromatic rings. The lowest BCUT2D eigenvalue weighted by Crippen LogP contribution is -2.37. The molecule has 3 heteroatoms. The first-order chi connectivity index (χ1) is 8.69. The molecule has 0 heterocycles. The third-order valence-corrected chi connectivity index (χ3v) is 3.13. The molecule has 0 aliphatic carbocycles. The first kappa shape index (κ1) is 14.7. The normalized spacial score (nSPS) is 12.2. The van der Waals surface area contributed by atoms with Crippen LogP contribution in [0.2, 0.25) is 0 Å². The molecule has 1 unspecified atom stereocenters. The van der Waals surface area contributed by atoms with Crippen LogP contribution in [-0.4, -0.2) is 19.1 Å². The minimum Gasteiger partial charge on any atom is -0.468 e. The number of methoxy groups -OCH3 is 1. The molecule has 0 saturated heterocycles. The molecule has 0 saturated carbocycles. The molecule has 0 aliphatic rings. The number of nitrogens with one attached hydrogen (secondary N) is 1. The molecular formula is C15H23NO2. The Labute approximate surface area is 110 Å². The summed E-state index contributed by atoms with van der Waals surface area (Å²) in [7, 11) is 1.44. The summed E-state index contributed by atoms with van der Waals surface area (Å²) in [6.45, 7) is 4.90. The van der Waals surface area contributed by atoms with E-state index in [1.807, 2.05) is 12.1 Å². The monoisotopic (exact) mass is 249 g/mol. The number of esters is 1. The lowest BCUT2D eigenvalue weighted by molar-refractivity contribution is -0.143. The van der Waals surface area contributed by atoms with E-state index in [1.54, 1.807) is 0 Å². The molecule has 1 rings (SSSR count). The number of carbonyl (C=O) groups is 1. The lowest BCUT2D eigenvalue weighted by atomic mass is 10.1. The number of carbonyl (C=O) groups excluding carboxylic acids is 1. The fourth-order valence-corrected chi connectivity index (χ4v) is 1.90. The molecule has 1 aromatic carbocycles. The summed E-state index contributed by atoms with van der Waals surface area (Å²) < 4.78 is 4.83. The molecule has 0 amide bonds. The van der Waals surface area contributed by atoms with Gasteiger partial charge in [-0.3, -0.25) is 4.79 Å². The zero-order chi connectivity index (χ0) is 13.4. The van der Waals surface area contributed by atoms with Gasteiger partial charge in [0.05, 0.1) is 7.11 Å². The maximum Gasteiger partial charge on any atom is 0.322 e. The van der Waals surface area contributed by atoms with Crippen molar-refractivity contribution in [2.45, 2.75) is 45.7 Å². The van der Waals surface area contributed by atoms with Gasteiger partial charge in [0, 0.05) is 6.54 Å². The molecule has 0 aromatic heterocycles. The van der Waals surface area contributed by atoms with Crippen LogP contribution >= 0.6 is 0 Å². The summed E-state index contributed by atoms with van der Waals surface area (Å²) in [5, 5.41) is 3.29. The Bertz CT molecular complexity index is 377. The summed E-state index contributed by atoms with van der Waals surface area (Å²) in [4.78, 5) is 11.6. The van der Waals surface area contributed by atoms with Gasteiger partial charge in [0.1, 0.15) is 6.04 Å². The number of rotatable bonds is 7. The van der Waals surface area contributed by atoms with Crippen molar-refractivity contribution in [1.29, 1.82) is 0 Å². The van der Waals surface area contributed by atoms with Gasteiger partial charge in [-0.05, 0) is 24.5 Å². The molecule has 1 N–H and O–H groups in total. The first-order valence-electron chi connectivity index (χ1n) is 6.54. The Morgan fingerprint density at radius 1 is 1.39 bits per heavy atom. The van der Waals surface area contributed by atoms with Crippen LogP contribution in [0.15, 0.2) is 24.3 Å². The van der Waals surface area contributed by atoms with E-state index < -0.39 is 0 Å². The number of unbranched alkanes of at least 4 members (excludes halogenated alkanes) is 1. The van der Waals surface area contributed by atoms with Crippen LogP contribution in [0.25, 0.3) is 0 Å². The quantitative estimate of drug-likeness (QED) is 0.755. The Morgan fingerprint density at radius 2 is 2.11 bits per heavy atom. The van der Waals surface area contributed by atoms with Crippen LogP contribution in [0.1, 0.15) is 37.3 Å². The second-order valence-corrected chi connectivity index (χ2v) is 4.53. The molecule has 1 atom stereocenters. The summed E-state index contributed by atoms with van der Waals surface area (Å²) in [6, 6.07) is 8.00. The predicted molar refractivity (Wildman–Crippen MR) is 73.3 cm³/mol. The zero-order valence-electron chi connectivity index (χ0n) is 11.5. The van der Waals surface area contributed by atoms with Gasteiger partial charge in [0.2, 0.25) is 0 Å². The summed E-state index contributed by atoms with van der Waals surface area (Å²) in [6.07, 6.45) is 2.94. The van der Waals surface area contributed by atoms with E-state index in [0.29, 0.717) is 6.54 Å². The third-order valence-electron chi connectivity index (χ3n) is 3.13. The highest BCUT2D eigenvalue weighted by molar-refractivity contribution is 5.75. The van der Waals surface area contributed by atoms with Gasteiger partial charge in [-0.2, -0.15) is 0 Å². The molecule has 18 heavy (non-hydrogen) atoms. The maximum atomic E-state index is 11.6. The topological polar surface area (TPSA) is 38.3 Å². The van der Waals surface area contributed by atoms with Crippen LogP contribution in [0.3, 0.4) is 0 Å². The van der Waals surface area contributed by atoms with E-state index in [9.17, 15) is 4.79 Å². The molecule has 3 nitrogen and oxygen atoms in total. The first-order valence-corrected chi connectivity index (χ1v) is 6.54. The van der Waals surface area contributed by atoms with Crippen molar-refractivity contribution in [3.8, 4) is 0 Å². The van der Waals surface area contributed by atoms with Crippen molar-refractivity contribution < 1.29 is 9.53 Å². The smallest absolute Gasteiger partial charge is 0.322 e. The molecule has 0 bridgehead atoms. The second-order valence-electron chi connectivity index (χ2n) is 4.53. The molecule has 0 radical (unpaired) electrons. The second kappa shape index (κ2) is 7.88. The standard InChI is InChI=1S/C15H23NO2/c1-4-5-10-14(15(17)18-3)16-11-13-9-7-6-8-12(13)2/h6-9,14,16H,4-5,10-11H2,1-3H3. The zero-order valence-corrected chi connectivity index (χ0v) is 11.5. The molecule has 100 valence electrons. The lowest BCUT2D eigenvalue weighted by Gasteiger charge is -2.16. The van der Waals surface area contributed by atoms with Crippen LogP contribution in [0.5, 0.6) is 0 Å². The van der Waals surface area contributed by atoms with E-state index in [0.717, 1.165) is 19.3 Å². The molecule has 0 fully saturated rings. The van der Waals surface area contributed by atoms with Crippen molar-refractivity contribution in [1.82, 2.24) is 5.32 Å². The number of ether oxygens (including phenoxy) is 1. The van der Waals surface area contributed by atoms with E-state index in [2.05, 4.69) is 31.3 Å². The van der Waals surface area contributed by atoms with E-state index >= 15 is 0 Å². The minimum absolute atomic E-state index is 0.169. The molecule has 0 spiro atoms. The average molecular weight is 249 g/mol. The highest BCUT2D eigenvalue weighted by Crippen LogP contribution is 2.08. The van der Waals surface area contributed by atoms with Crippen molar-refractivity contribution in [3.63, 3.8) is 0 Å². The summed E-state index contributed by atoms with van der Waals surface area (Å²) in [5.41, 5.74) is 2.46. The van der Waals surface area contributed by atoms with Gasteiger partial charge < -0.3 is 10.1 Å². The number of hydrogen-bond acceptors (Lipinski definition) is 3. The predicted octanol–water partition coefficient (Wildman–Crippen LogP) is 2.82. The Kier molecular flexibility index (Phi) is 6.44. The van der Waals surface area contributed by atoms with Gasteiger partial charge in [0.15, 0.2) is 0 Å². The van der Waals surface area contributed by atoms with Gasteiger partial charge in [-0.1, -0.05) is 44.0 Å². The van der Waals surface area contributed by atoms with Gasteiger partial charge in [-0.25, -0.2) is 0 Å². The SMILES string of the molecule is CCCCC(NCc1ccccc1C)C(=O)OC. The average Bonchev–Trinajstić information content (AvgIpc) is 2.40. The fourth-order valence-electron chi connectivity index (χ4n) is 1.90. The number of benzene rings is 1. The van der Waals surface area contributed by atoms with Crippen molar-refractivity contribution in [2.75, 3.05) is 7.11 Å². The Balaban J connectivity index is 2.56. The van der Waals surface area contributed by atoms with Gasteiger partial charge >= 0.3 is 5.97 Å². The number of aryl methyl sites for hydroxylation is 1. The van der Waals surface area contributed by atoms with E-state index in [1.165, 1.54) is 18.2 Å². The van der Waals surface area contributed by atoms with E-state index in [4.69, 9.17) is 4.74 Å². The third kappa shape index (κ3) is 4.49. The van der Waals surface area contributed by atoms with Crippen molar-refractivity contribution in [2.24, 2.45) is 0 Å². The maximum absolute atomic E-state index is 11.6. The Hall–Kier alpha value is -1.35. The summed E-state index contributed by atoms with van der Waals surface area (Å²) in [5.74, 6) is -0.169. The Morgan fingerprint density at radius 3 is 2.72 bits per heavy atom. The number of hydrogen-bond donors (Lipinski definition) is 1. The molecular weight excluding hydrogens is 226 g/mol. The highest BCUT2D eigenvalue weighted by Gasteiger charge is 2.17. The van der Waals surface area contributed by atoms with Crippen LogP contribution in [0.4, 0.5) is 0 Å². The van der Waals surface area contributed by atoms with Gasteiger partial charge in [-0.15, -0.1) is 0 Å². The van der Waals surface area contributed by atoms with E-state index in [-0.39, 0.29) is 12.0 Å². The highest BCUT2D eigenvalue weighted by atomic mass is 16.5.